The number of hydrogen-bond donors (Lipinski definition) is 1. The number of aromatic nitrogens is 2. The summed E-state index contributed by atoms with van der Waals surface area (Å²) in [5, 5.41) is 4.80. The van der Waals surface area contributed by atoms with Crippen LogP contribution in [0.1, 0.15) is 57.2 Å². The largest absolute Gasteiger partial charge is 0.327 e. The zero-order valence-corrected chi connectivity index (χ0v) is 12.7. The lowest BCUT2D eigenvalue weighted by molar-refractivity contribution is 0.143. The zero-order valence-electron chi connectivity index (χ0n) is 12.7. The third kappa shape index (κ3) is 3.07. The second-order valence-electron chi connectivity index (χ2n) is 6.58. The monoisotopic (exact) mass is 276 g/mol. The Morgan fingerprint density at radius 3 is 2.85 bits per heavy atom. The van der Waals surface area contributed by atoms with Crippen molar-refractivity contribution >= 4 is 0 Å². The van der Waals surface area contributed by atoms with Crippen LogP contribution >= 0.6 is 0 Å². The standard InChI is InChI=1S/C16H28N4/c1-2-13-11-19(9-8-16(13)17)12-14-7-10-20(18-14)15-5-3-4-6-15/h7,10,13,15-16H,2-6,8-9,11-12,17H2,1H3. The first-order valence-corrected chi connectivity index (χ1v) is 8.28. The van der Waals surface area contributed by atoms with E-state index in [0.29, 0.717) is 18.0 Å². The minimum Gasteiger partial charge on any atom is -0.327 e. The van der Waals surface area contributed by atoms with Crippen LogP contribution in [0.5, 0.6) is 0 Å². The molecule has 4 heteroatoms. The summed E-state index contributed by atoms with van der Waals surface area (Å²) < 4.78 is 2.20. The van der Waals surface area contributed by atoms with Crippen LogP contribution in [0.25, 0.3) is 0 Å². The smallest absolute Gasteiger partial charge is 0.0764 e. The molecule has 2 N–H and O–H groups in total. The van der Waals surface area contributed by atoms with Crippen LogP contribution in [-0.4, -0.2) is 33.8 Å². The van der Waals surface area contributed by atoms with Crippen LogP contribution < -0.4 is 5.73 Å². The van der Waals surface area contributed by atoms with Gasteiger partial charge in [-0.25, -0.2) is 0 Å². The predicted octanol–water partition coefficient (Wildman–Crippen LogP) is 2.56. The van der Waals surface area contributed by atoms with Crippen molar-refractivity contribution in [1.82, 2.24) is 14.7 Å². The van der Waals surface area contributed by atoms with Crippen molar-refractivity contribution in [2.24, 2.45) is 11.7 Å². The molecule has 0 radical (unpaired) electrons. The summed E-state index contributed by atoms with van der Waals surface area (Å²) in [6, 6.07) is 3.25. The molecule has 1 aromatic heterocycles. The van der Waals surface area contributed by atoms with Gasteiger partial charge in [0.1, 0.15) is 0 Å². The first-order chi connectivity index (χ1) is 9.76. The van der Waals surface area contributed by atoms with Gasteiger partial charge in [0.25, 0.3) is 0 Å². The Kier molecular flexibility index (Phi) is 4.41. The van der Waals surface area contributed by atoms with E-state index in [1.54, 1.807) is 0 Å². The fraction of sp³-hybridized carbons (Fsp3) is 0.812. The van der Waals surface area contributed by atoms with E-state index >= 15 is 0 Å². The topological polar surface area (TPSA) is 47.1 Å². The fourth-order valence-electron chi connectivity index (χ4n) is 3.76. The van der Waals surface area contributed by atoms with Gasteiger partial charge in [0.05, 0.1) is 11.7 Å². The molecule has 0 bridgehead atoms. The van der Waals surface area contributed by atoms with Crippen LogP contribution in [0.3, 0.4) is 0 Å². The van der Waals surface area contributed by atoms with Crippen molar-refractivity contribution in [3.63, 3.8) is 0 Å². The first kappa shape index (κ1) is 14.1. The van der Waals surface area contributed by atoms with Crippen LogP contribution in [0, 0.1) is 5.92 Å². The van der Waals surface area contributed by atoms with Crippen molar-refractivity contribution < 1.29 is 0 Å². The number of piperidine rings is 1. The van der Waals surface area contributed by atoms with Gasteiger partial charge in [-0.1, -0.05) is 26.2 Å². The maximum absolute atomic E-state index is 6.19. The summed E-state index contributed by atoms with van der Waals surface area (Å²) in [5.41, 5.74) is 7.41. The highest BCUT2D eigenvalue weighted by molar-refractivity contribution is 5.01. The summed E-state index contributed by atoms with van der Waals surface area (Å²) in [6.07, 6.45) is 9.83. The molecule has 1 aliphatic heterocycles. The molecule has 2 unspecified atom stereocenters. The lowest BCUT2D eigenvalue weighted by Crippen LogP contribution is -2.46. The normalized spacial score (nSPS) is 29.1. The summed E-state index contributed by atoms with van der Waals surface area (Å²) in [7, 11) is 0. The lowest BCUT2D eigenvalue weighted by Gasteiger charge is -2.36. The molecular weight excluding hydrogens is 248 g/mol. The summed E-state index contributed by atoms with van der Waals surface area (Å²) in [4.78, 5) is 2.53. The van der Waals surface area contributed by atoms with Crippen LogP contribution in [0.4, 0.5) is 0 Å². The Morgan fingerprint density at radius 2 is 2.10 bits per heavy atom. The minimum atomic E-state index is 0.396. The number of rotatable bonds is 4. The third-order valence-corrected chi connectivity index (χ3v) is 5.15. The molecule has 1 aromatic rings. The molecule has 1 aliphatic carbocycles. The Labute approximate surface area is 122 Å². The zero-order chi connectivity index (χ0) is 13.9. The first-order valence-electron chi connectivity index (χ1n) is 8.28. The number of nitrogens with two attached hydrogens (primary N) is 1. The molecular formula is C16H28N4. The van der Waals surface area contributed by atoms with Crippen LogP contribution in [-0.2, 0) is 6.54 Å². The van der Waals surface area contributed by atoms with E-state index in [-0.39, 0.29) is 0 Å². The van der Waals surface area contributed by atoms with Crippen molar-refractivity contribution in [2.45, 2.75) is 64.1 Å². The van der Waals surface area contributed by atoms with Gasteiger partial charge in [-0.2, -0.15) is 5.10 Å². The van der Waals surface area contributed by atoms with E-state index in [1.165, 1.54) is 37.8 Å². The number of hydrogen-bond acceptors (Lipinski definition) is 3. The average molecular weight is 276 g/mol. The van der Waals surface area contributed by atoms with Gasteiger partial charge in [-0.05, 0) is 31.2 Å². The number of nitrogens with zero attached hydrogens (tertiary/aromatic N) is 3. The van der Waals surface area contributed by atoms with Gasteiger partial charge >= 0.3 is 0 Å². The average Bonchev–Trinajstić information content (AvgIpc) is 3.11. The molecule has 1 saturated heterocycles. The van der Waals surface area contributed by atoms with Gasteiger partial charge in [0.15, 0.2) is 0 Å². The summed E-state index contributed by atoms with van der Waals surface area (Å²) in [6.45, 7) is 5.49. The Hall–Kier alpha value is -0.870. The van der Waals surface area contributed by atoms with Crippen molar-refractivity contribution in [1.29, 1.82) is 0 Å². The van der Waals surface area contributed by atoms with E-state index in [4.69, 9.17) is 10.8 Å². The van der Waals surface area contributed by atoms with E-state index in [2.05, 4.69) is 28.8 Å². The van der Waals surface area contributed by atoms with Crippen LogP contribution in [0.15, 0.2) is 12.3 Å². The molecule has 20 heavy (non-hydrogen) atoms. The van der Waals surface area contributed by atoms with E-state index in [9.17, 15) is 0 Å². The summed E-state index contributed by atoms with van der Waals surface area (Å²) >= 11 is 0. The van der Waals surface area contributed by atoms with Crippen molar-refractivity contribution in [2.75, 3.05) is 13.1 Å². The van der Waals surface area contributed by atoms with E-state index in [1.807, 2.05) is 0 Å². The Bertz CT molecular complexity index is 422. The molecule has 2 atom stereocenters. The van der Waals surface area contributed by atoms with Gasteiger partial charge in [0.2, 0.25) is 0 Å². The van der Waals surface area contributed by atoms with Crippen molar-refractivity contribution in [3.05, 3.63) is 18.0 Å². The van der Waals surface area contributed by atoms with Gasteiger partial charge in [-0.15, -0.1) is 0 Å². The fourth-order valence-corrected chi connectivity index (χ4v) is 3.76. The van der Waals surface area contributed by atoms with Gasteiger partial charge in [0, 0.05) is 31.9 Å². The van der Waals surface area contributed by atoms with E-state index in [0.717, 1.165) is 26.1 Å². The van der Waals surface area contributed by atoms with E-state index < -0.39 is 0 Å². The lowest BCUT2D eigenvalue weighted by atomic mass is 9.91. The number of likely N-dealkylation sites (tertiary alicyclic amines) is 1. The highest BCUT2D eigenvalue weighted by Crippen LogP contribution is 2.29. The predicted molar refractivity (Wildman–Crippen MR) is 81.4 cm³/mol. The second-order valence-corrected chi connectivity index (χ2v) is 6.58. The maximum Gasteiger partial charge on any atom is 0.0764 e. The maximum atomic E-state index is 6.19. The van der Waals surface area contributed by atoms with Gasteiger partial charge < -0.3 is 5.73 Å². The minimum absolute atomic E-state index is 0.396. The molecule has 1 saturated carbocycles. The molecule has 0 aromatic carbocycles. The molecule has 3 rings (SSSR count). The van der Waals surface area contributed by atoms with Gasteiger partial charge in [-0.3, -0.25) is 9.58 Å². The molecule has 2 aliphatic rings. The molecule has 112 valence electrons. The molecule has 2 heterocycles. The SMILES string of the molecule is CCC1CN(Cc2ccn(C3CCCC3)n2)CCC1N. The quantitative estimate of drug-likeness (QED) is 0.919. The highest BCUT2D eigenvalue weighted by atomic mass is 15.3. The Morgan fingerprint density at radius 1 is 1.30 bits per heavy atom. The molecule has 4 nitrogen and oxygen atoms in total. The molecule has 0 amide bonds. The summed E-state index contributed by atoms with van der Waals surface area (Å²) in [5.74, 6) is 0.653. The molecule has 0 spiro atoms. The second kappa shape index (κ2) is 6.27. The third-order valence-electron chi connectivity index (χ3n) is 5.15. The highest BCUT2D eigenvalue weighted by Gasteiger charge is 2.25. The van der Waals surface area contributed by atoms with Crippen molar-refractivity contribution in [3.8, 4) is 0 Å². The molecule has 2 fully saturated rings. The van der Waals surface area contributed by atoms with Crippen LogP contribution in [0.2, 0.25) is 0 Å². The Balaban J connectivity index is 1.57.